The molecule has 0 spiro atoms. The molecule has 0 radical (unpaired) electrons. The van der Waals surface area contributed by atoms with Crippen LogP contribution in [0.2, 0.25) is 0 Å². The molecule has 18 rings (SSSR count). The van der Waals surface area contributed by atoms with E-state index in [9.17, 15) is 0 Å². The molecule has 18 aromatic carbocycles. The smallest absolute Gasteiger partial charge is 0.0546 e. The molecule has 0 fully saturated rings. The van der Waals surface area contributed by atoms with Gasteiger partial charge in [-0.25, -0.2) is 0 Å². The van der Waals surface area contributed by atoms with Crippen LogP contribution in [0.5, 0.6) is 0 Å². The number of hydrogen-bond donors (Lipinski definition) is 0. The van der Waals surface area contributed by atoms with Gasteiger partial charge in [0.15, 0.2) is 0 Å². The van der Waals surface area contributed by atoms with Gasteiger partial charge in [-0.15, -0.1) is 0 Å². The van der Waals surface area contributed by atoms with Crippen molar-refractivity contribution in [3.05, 3.63) is 461 Å². The van der Waals surface area contributed by atoms with E-state index < -0.39 is 0 Å². The number of benzene rings is 18. The van der Waals surface area contributed by atoms with Gasteiger partial charge in [-0.3, -0.25) is 0 Å². The molecule has 110 heavy (non-hydrogen) atoms. The first-order valence-corrected chi connectivity index (χ1v) is 37.5. The van der Waals surface area contributed by atoms with Gasteiger partial charge >= 0.3 is 0 Å². The van der Waals surface area contributed by atoms with Gasteiger partial charge in [-0.2, -0.15) is 0 Å². The van der Waals surface area contributed by atoms with Crippen LogP contribution in [0.25, 0.3) is 54.9 Å². The molecule has 0 N–H and O–H groups in total. The van der Waals surface area contributed by atoms with E-state index >= 15 is 0 Å². The lowest BCUT2D eigenvalue weighted by Crippen LogP contribution is -2.12. The second-order valence-corrected chi connectivity index (χ2v) is 27.3. The highest BCUT2D eigenvalue weighted by molar-refractivity contribution is 6.03. The van der Waals surface area contributed by atoms with Crippen LogP contribution >= 0.6 is 0 Å². The quantitative estimate of drug-likeness (QED) is 0.0709. The Hall–Kier alpha value is -14.7. The number of nitrogens with zero attached hydrogens (tertiary/aromatic N) is 6. The second-order valence-electron chi connectivity index (χ2n) is 27.3. The van der Waals surface area contributed by atoms with Crippen molar-refractivity contribution in [3.63, 3.8) is 0 Å². The molecule has 0 amide bonds. The summed E-state index contributed by atoms with van der Waals surface area (Å²) in [6, 6.07) is 166. The van der Waals surface area contributed by atoms with Gasteiger partial charge in [0, 0.05) is 102 Å². The maximum Gasteiger partial charge on any atom is 0.0546 e. The Kier molecular flexibility index (Phi) is 18.8. The minimum absolute atomic E-state index is 1.04. The fourth-order valence-corrected chi connectivity index (χ4v) is 15.3. The lowest BCUT2D eigenvalue weighted by Gasteiger charge is -2.29. The molecule has 0 aromatic heterocycles. The Bertz CT molecular complexity index is 6050. The van der Waals surface area contributed by atoms with Gasteiger partial charge in [0.25, 0.3) is 0 Å². The first kappa shape index (κ1) is 67.2. The van der Waals surface area contributed by atoms with E-state index in [1.807, 2.05) is 0 Å². The van der Waals surface area contributed by atoms with Crippen LogP contribution in [-0.4, -0.2) is 0 Å². The molecule has 0 bridgehead atoms. The van der Waals surface area contributed by atoms with Crippen LogP contribution in [0.4, 0.5) is 102 Å². The van der Waals surface area contributed by atoms with E-state index in [4.69, 9.17) is 0 Å². The number of rotatable bonds is 21. The SMILES string of the molecule is c1ccc(N(c2ccccc2)c2ccc(N(c3ccccc3)c3ccc(-c4ccc(N(c5ccccc5)c5ccc(N(c6ccccc6)c6cccc(-c7cc(N(c8ccccc8)c8ccc(-c9ccc(N(c%10ccccc%10)c%10cccc%11ccccc%10%11)cc9)cc8)c8ccccc8c7)c6)cc5)cc4)cc3)cc2)cc1. The molecular formula is C104H76N6. The number of hydrogen-bond acceptors (Lipinski definition) is 6. The highest BCUT2D eigenvalue weighted by Crippen LogP contribution is 2.47. The molecule has 0 heterocycles. The van der Waals surface area contributed by atoms with E-state index in [1.54, 1.807) is 0 Å². The van der Waals surface area contributed by atoms with Crippen LogP contribution in [0.3, 0.4) is 0 Å². The molecule has 0 atom stereocenters. The fraction of sp³-hybridized carbons (Fsp3) is 0. The molecule has 18 aromatic rings. The predicted molar refractivity (Wildman–Crippen MR) is 466 cm³/mol. The van der Waals surface area contributed by atoms with Gasteiger partial charge < -0.3 is 29.4 Å². The number of fused-ring (bicyclic) bond motifs is 2. The molecule has 0 unspecified atom stereocenters. The zero-order valence-corrected chi connectivity index (χ0v) is 60.6. The minimum atomic E-state index is 1.04. The van der Waals surface area contributed by atoms with E-state index in [0.717, 1.165) is 147 Å². The number of para-hydroxylation sites is 7. The van der Waals surface area contributed by atoms with Crippen molar-refractivity contribution in [2.45, 2.75) is 0 Å². The van der Waals surface area contributed by atoms with Crippen LogP contribution in [0, 0.1) is 0 Å². The van der Waals surface area contributed by atoms with Crippen molar-refractivity contribution in [2.75, 3.05) is 29.4 Å². The van der Waals surface area contributed by atoms with Gasteiger partial charge in [0.1, 0.15) is 0 Å². The lowest BCUT2D eigenvalue weighted by molar-refractivity contribution is 1.25. The van der Waals surface area contributed by atoms with Crippen LogP contribution < -0.4 is 29.4 Å². The van der Waals surface area contributed by atoms with Crippen molar-refractivity contribution in [3.8, 4) is 33.4 Å². The fourth-order valence-electron chi connectivity index (χ4n) is 15.3. The first-order chi connectivity index (χ1) is 54.6. The van der Waals surface area contributed by atoms with E-state index in [0.29, 0.717) is 0 Å². The molecular weight excluding hydrogens is 1330 g/mol. The maximum atomic E-state index is 2.40. The standard InChI is InChI=1S/C104H76N6/c1-8-32-85(33-9-1)105(86-34-10-2-11-35-86)94-66-68-95(69-67-94)106(87-36-12-3-13-37-87)92-58-50-77(51-59-92)78-52-60-93(61-53-78)107(88-38-14-4-15-39-88)96-70-72-97(73-71-96)108(89-40-16-5-17-41-89)100-46-26-31-82(75-100)84-74-83-29-23-25-48-102(83)104(76-84)110(91-44-20-7-21-45-91)99-64-56-80(57-65-99)79-54-62-98(63-55-79)109(90-42-18-6-19-43-90)103-49-27-30-81-28-22-24-47-101(81)103/h1-76H. The van der Waals surface area contributed by atoms with Gasteiger partial charge in [-0.1, -0.05) is 249 Å². The van der Waals surface area contributed by atoms with Crippen LogP contribution in [0.1, 0.15) is 0 Å². The third-order valence-corrected chi connectivity index (χ3v) is 20.5. The molecule has 0 saturated carbocycles. The predicted octanol–water partition coefficient (Wildman–Crippen LogP) is 29.8. The summed E-state index contributed by atoms with van der Waals surface area (Å²) in [7, 11) is 0. The van der Waals surface area contributed by atoms with Crippen LogP contribution in [0.15, 0.2) is 461 Å². The van der Waals surface area contributed by atoms with Crippen LogP contribution in [-0.2, 0) is 0 Å². The molecule has 6 heteroatoms. The summed E-state index contributed by atoms with van der Waals surface area (Å²) in [6.45, 7) is 0. The highest BCUT2D eigenvalue weighted by Gasteiger charge is 2.23. The third kappa shape index (κ3) is 13.9. The molecule has 0 aliphatic rings. The lowest BCUT2D eigenvalue weighted by atomic mass is 9.97. The second kappa shape index (κ2) is 30.8. The maximum absolute atomic E-state index is 2.40. The molecule has 0 saturated heterocycles. The summed E-state index contributed by atoms with van der Waals surface area (Å²) in [5, 5.41) is 4.72. The molecule has 0 aliphatic carbocycles. The first-order valence-electron chi connectivity index (χ1n) is 37.5. The largest absolute Gasteiger partial charge is 0.311 e. The van der Waals surface area contributed by atoms with E-state index in [-0.39, 0.29) is 0 Å². The summed E-state index contributed by atoms with van der Waals surface area (Å²) >= 11 is 0. The van der Waals surface area contributed by atoms with Crippen molar-refractivity contribution < 1.29 is 0 Å². The minimum Gasteiger partial charge on any atom is -0.311 e. The summed E-state index contributed by atoms with van der Waals surface area (Å²) in [5.74, 6) is 0. The topological polar surface area (TPSA) is 19.4 Å². The van der Waals surface area contributed by atoms with E-state index in [1.165, 1.54) is 10.8 Å². The average molecular weight is 1410 g/mol. The molecule has 0 aliphatic heterocycles. The van der Waals surface area contributed by atoms with Gasteiger partial charge in [0.2, 0.25) is 0 Å². The zero-order chi connectivity index (χ0) is 73.4. The average Bonchev–Trinajstić information content (AvgIpc) is 0.770. The van der Waals surface area contributed by atoms with Crippen molar-refractivity contribution in [1.82, 2.24) is 0 Å². The summed E-state index contributed by atoms with van der Waals surface area (Å²) in [4.78, 5) is 14.1. The monoisotopic (exact) mass is 1410 g/mol. The van der Waals surface area contributed by atoms with Crippen molar-refractivity contribution >= 4 is 124 Å². The Morgan fingerprint density at radius 2 is 0.336 bits per heavy atom. The third-order valence-electron chi connectivity index (χ3n) is 20.5. The molecule has 6 nitrogen and oxygen atoms in total. The van der Waals surface area contributed by atoms with Gasteiger partial charge in [-0.05, 0) is 256 Å². The van der Waals surface area contributed by atoms with Crippen molar-refractivity contribution in [1.29, 1.82) is 0 Å². The van der Waals surface area contributed by atoms with Gasteiger partial charge in [0.05, 0.1) is 11.4 Å². The summed E-state index contributed by atoms with van der Waals surface area (Å²) < 4.78 is 0. The molecule has 522 valence electrons. The Labute approximate surface area is 643 Å². The van der Waals surface area contributed by atoms with Crippen molar-refractivity contribution in [2.24, 2.45) is 0 Å². The Morgan fingerprint density at radius 1 is 0.109 bits per heavy atom. The normalized spacial score (nSPS) is 11.1. The zero-order valence-electron chi connectivity index (χ0n) is 60.6. The highest BCUT2D eigenvalue weighted by atomic mass is 15.2. The van der Waals surface area contributed by atoms with E-state index in [2.05, 4.69) is 490 Å². The number of anilines is 18. The summed E-state index contributed by atoms with van der Waals surface area (Å²) in [6.07, 6.45) is 0. The Morgan fingerprint density at radius 3 is 0.682 bits per heavy atom. The Balaban J connectivity index is 0.629. The summed E-state index contributed by atoms with van der Waals surface area (Å²) in [5.41, 5.74) is 26.1.